The van der Waals surface area contributed by atoms with E-state index in [4.69, 9.17) is 9.88 Å². The summed E-state index contributed by atoms with van der Waals surface area (Å²) in [5.74, 6) is 5.07. The molecule has 1 aromatic rings. The highest BCUT2D eigenvalue weighted by Crippen LogP contribution is 2.27. The number of sulfonamides is 1. The van der Waals surface area contributed by atoms with Crippen LogP contribution in [-0.4, -0.2) is 19.9 Å². The summed E-state index contributed by atoms with van der Waals surface area (Å²) in [5.41, 5.74) is -0.382. The van der Waals surface area contributed by atoms with Crippen LogP contribution in [0.5, 0.6) is 5.75 Å². The minimum Gasteiger partial charge on any atom is -0.480 e. The van der Waals surface area contributed by atoms with Crippen molar-refractivity contribution in [2.75, 3.05) is 6.61 Å². The number of non-ortho nitro benzene ring substituents is 1. The molecular weight excluding hydrogens is 260 g/mol. The number of nitro benzene ring substituents is 1. The molecule has 0 aliphatic carbocycles. The maximum atomic E-state index is 11.3. The van der Waals surface area contributed by atoms with Gasteiger partial charge in [0.15, 0.2) is 0 Å². The molecule has 0 saturated carbocycles. The number of hydrogen-bond donors (Lipinski definition) is 1. The molecule has 0 bridgehead atoms. The van der Waals surface area contributed by atoms with E-state index in [1.54, 1.807) is 6.92 Å². The van der Waals surface area contributed by atoms with Crippen LogP contribution in [0.3, 0.4) is 0 Å². The van der Waals surface area contributed by atoms with Gasteiger partial charge in [-0.05, 0) is 13.0 Å². The number of nitrogens with zero attached hydrogens (tertiary/aromatic N) is 1. The van der Waals surface area contributed by atoms with Crippen LogP contribution in [0.25, 0.3) is 0 Å². The van der Waals surface area contributed by atoms with Crippen molar-refractivity contribution in [3.63, 3.8) is 0 Å². The van der Waals surface area contributed by atoms with Crippen LogP contribution in [0.15, 0.2) is 23.1 Å². The molecule has 1 aromatic carbocycles. The number of ether oxygens (including phenoxy) is 1. The van der Waals surface area contributed by atoms with E-state index in [1.165, 1.54) is 6.07 Å². The summed E-state index contributed by atoms with van der Waals surface area (Å²) in [6.45, 7) is 1.57. The first-order valence-electron chi connectivity index (χ1n) is 4.70. The second kappa shape index (κ2) is 5.48. The fourth-order valence-corrected chi connectivity index (χ4v) is 1.83. The Kier molecular flexibility index (Phi) is 4.25. The number of nitro groups is 1. The van der Waals surface area contributed by atoms with E-state index < -0.39 is 19.8 Å². The molecule has 0 atom stereocenters. The maximum Gasteiger partial charge on any atom is 0.271 e. The fraction of sp³-hybridized carbons (Fsp3) is 0.200. The van der Waals surface area contributed by atoms with Gasteiger partial charge in [-0.15, -0.1) is 5.92 Å². The number of hydrogen-bond acceptors (Lipinski definition) is 5. The first kappa shape index (κ1) is 14.0. The van der Waals surface area contributed by atoms with Gasteiger partial charge in [0.1, 0.15) is 17.3 Å². The van der Waals surface area contributed by atoms with Gasteiger partial charge >= 0.3 is 0 Å². The smallest absolute Gasteiger partial charge is 0.271 e. The van der Waals surface area contributed by atoms with E-state index in [1.807, 2.05) is 0 Å². The van der Waals surface area contributed by atoms with Crippen molar-refractivity contribution < 1.29 is 18.1 Å². The molecular formula is C10H10N2O5S. The monoisotopic (exact) mass is 270 g/mol. The summed E-state index contributed by atoms with van der Waals surface area (Å²) >= 11 is 0. The molecule has 0 fully saturated rings. The molecule has 0 radical (unpaired) electrons. The molecule has 2 N–H and O–H groups in total. The maximum absolute atomic E-state index is 11.3. The lowest BCUT2D eigenvalue weighted by molar-refractivity contribution is -0.385. The average molecular weight is 270 g/mol. The van der Waals surface area contributed by atoms with Crippen molar-refractivity contribution in [1.82, 2.24) is 0 Å². The second-order valence-electron chi connectivity index (χ2n) is 3.15. The Bertz CT molecular complexity index is 627. The Hall–Kier alpha value is -2.11. The van der Waals surface area contributed by atoms with E-state index >= 15 is 0 Å². The van der Waals surface area contributed by atoms with Gasteiger partial charge in [0.05, 0.1) is 4.92 Å². The van der Waals surface area contributed by atoms with Crippen molar-refractivity contribution in [3.05, 3.63) is 28.3 Å². The third kappa shape index (κ3) is 3.44. The average Bonchev–Trinajstić information content (AvgIpc) is 2.28. The van der Waals surface area contributed by atoms with Gasteiger partial charge in [-0.1, -0.05) is 5.92 Å². The highest BCUT2D eigenvalue weighted by Gasteiger charge is 2.19. The lowest BCUT2D eigenvalue weighted by Crippen LogP contribution is -2.14. The zero-order valence-electron chi connectivity index (χ0n) is 9.41. The molecule has 0 saturated heterocycles. The lowest BCUT2D eigenvalue weighted by atomic mass is 10.3. The Labute approximate surface area is 104 Å². The first-order valence-corrected chi connectivity index (χ1v) is 6.24. The highest BCUT2D eigenvalue weighted by atomic mass is 32.2. The minimum absolute atomic E-state index is 0.0309. The topological polar surface area (TPSA) is 113 Å². The van der Waals surface area contributed by atoms with Crippen LogP contribution in [0.4, 0.5) is 5.69 Å². The SMILES string of the molecule is CC#CCOc1ccc([N+](=O)[O-])cc1S(N)(=O)=O. The summed E-state index contributed by atoms with van der Waals surface area (Å²) in [7, 11) is -4.10. The van der Waals surface area contributed by atoms with Gasteiger partial charge in [0.2, 0.25) is 10.0 Å². The Balaban J connectivity index is 3.24. The molecule has 96 valence electrons. The van der Waals surface area contributed by atoms with Gasteiger partial charge < -0.3 is 4.74 Å². The van der Waals surface area contributed by atoms with Gasteiger partial charge in [0.25, 0.3) is 5.69 Å². The van der Waals surface area contributed by atoms with Crippen molar-refractivity contribution >= 4 is 15.7 Å². The molecule has 0 amide bonds. The standard InChI is InChI=1S/C10H10N2O5S/c1-2-3-6-17-9-5-4-8(12(13)14)7-10(9)18(11,15)16/h4-5,7H,6H2,1H3,(H2,11,15,16). The predicted octanol–water partition coefficient (Wildman–Crippen LogP) is 0.644. The van der Waals surface area contributed by atoms with Crippen LogP contribution < -0.4 is 9.88 Å². The van der Waals surface area contributed by atoms with E-state index in [-0.39, 0.29) is 18.0 Å². The van der Waals surface area contributed by atoms with E-state index in [0.717, 1.165) is 12.1 Å². The van der Waals surface area contributed by atoms with Crippen LogP contribution in [0, 0.1) is 22.0 Å². The third-order valence-electron chi connectivity index (χ3n) is 1.92. The fourth-order valence-electron chi connectivity index (χ4n) is 1.14. The second-order valence-corrected chi connectivity index (χ2v) is 4.68. The van der Waals surface area contributed by atoms with Crippen molar-refractivity contribution in [3.8, 4) is 17.6 Å². The van der Waals surface area contributed by atoms with Crippen molar-refractivity contribution in [2.24, 2.45) is 5.14 Å². The van der Waals surface area contributed by atoms with Gasteiger partial charge in [0, 0.05) is 12.1 Å². The number of benzene rings is 1. The van der Waals surface area contributed by atoms with Gasteiger partial charge in [-0.2, -0.15) is 0 Å². The molecule has 0 aliphatic rings. The normalized spacial score (nSPS) is 10.3. The van der Waals surface area contributed by atoms with E-state index in [2.05, 4.69) is 11.8 Å². The van der Waals surface area contributed by atoms with Gasteiger partial charge in [-0.3, -0.25) is 10.1 Å². The molecule has 1 rings (SSSR count). The van der Waals surface area contributed by atoms with E-state index in [9.17, 15) is 18.5 Å². The zero-order chi connectivity index (χ0) is 13.8. The molecule has 0 spiro atoms. The Morgan fingerprint density at radius 1 is 1.50 bits per heavy atom. The Morgan fingerprint density at radius 2 is 2.17 bits per heavy atom. The summed E-state index contributed by atoms with van der Waals surface area (Å²) in [5, 5.41) is 15.5. The molecule has 0 heterocycles. The Morgan fingerprint density at radius 3 is 2.67 bits per heavy atom. The van der Waals surface area contributed by atoms with Crippen LogP contribution in [0.1, 0.15) is 6.92 Å². The lowest BCUT2D eigenvalue weighted by Gasteiger charge is -2.07. The minimum atomic E-state index is -4.10. The molecule has 0 aromatic heterocycles. The summed E-state index contributed by atoms with van der Waals surface area (Å²) in [6.07, 6.45) is 0. The van der Waals surface area contributed by atoms with Crippen LogP contribution in [0.2, 0.25) is 0 Å². The largest absolute Gasteiger partial charge is 0.480 e. The predicted molar refractivity (Wildman–Crippen MR) is 63.4 cm³/mol. The first-order chi connectivity index (χ1) is 8.36. The quantitative estimate of drug-likeness (QED) is 0.490. The summed E-state index contributed by atoms with van der Waals surface area (Å²) in [4.78, 5) is 9.41. The van der Waals surface area contributed by atoms with Crippen LogP contribution >= 0.6 is 0 Å². The molecule has 0 aliphatic heterocycles. The molecule has 7 nitrogen and oxygen atoms in total. The molecule has 18 heavy (non-hydrogen) atoms. The highest BCUT2D eigenvalue weighted by molar-refractivity contribution is 7.89. The number of nitrogens with two attached hydrogens (primary N) is 1. The third-order valence-corrected chi connectivity index (χ3v) is 2.85. The van der Waals surface area contributed by atoms with E-state index in [0.29, 0.717) is 0 Å². The summed E-state index contributed by atoms with van der Waals surface area (Å²) < 4.78 is 27.7. The van der Waals surface area contributed by atoms with Gasteiger partial charge in [-0.25, -0.2) is 13.6 Å². The molecule has 8 heteroatoms. The summed E-state index contributed by atoms with van der Waals surface area (Å²) in [6, 6.07) is 3.16. The zero-order valence-corrected chi connectivity index (χ0v) is 10.2. The van der Waals surface area contributed by atoms with Crippen LogP contribution in [-0.2, 0) is 10.0 Å². The number of primary sulfonamides is 1. The van der Waals surface area contributed by atoms with Crippen molar-refractivity contribution in [2.45, 2.75) is 11.8 Å². The number of rotatable bonds is 4. The molecule has 0 unspecified atom stereocenters. The van der Waals surface area contributed by atoms with Crippen molar-refractivity contribution in [1.29, 1.82) is 0 Å².